The van der Waals surface area contributed by atoms with E-state index in [2.05, 4.69) is 20.6 Å². The monoisotopic (exact) mass is 527 g/mol. The number of piperidine rings is 1. The van der Waals surface area contributed by atoms with Crippen LogP contribution in [0.1, 0.15) is 40.8 Å². The van der Waals surface area contributed by atoms with Gasteiger partial charge in [-0.2, -0.15) is 5.10 Å². The van der Waals surface area contributed by atoms with E-state index in [0.717, 1.165) is 25.6 Å². The zero-order chi connectivity index (χ0) is 28.9. The normalized spacial score (nSPS) is 19.6. The third kappa shape index (κ3) is 4.75. The average molecular weight is 528 g/mol. The number of benzene rings is 2. The van der Waals surface area contributed by atoms with Gasteiger partial charge in [0, 0.05) is 48.9 Å². The molecular weight excluding hydrogens is 495 g/mol. The number of hydrogen-bond donors (Lipinski definition) is 2. The Labute approximate surface area is 224 Å². The third-order valence-corrected chi connectivity index (χ3v) is 7.22. The van der Waals surface area contributed by atoms with E-state index in [1.165, 1.54) is 19.2 Å². The lowest BCUT2D eigenvalue weighted by Gasteiger charge is -2.29. The van der Waals surface area contributed by atoms with Gasteiger partial charge in [-0.3, -0.25) is 14.8 Å². The second-order valence-electron chi connectivity index (χ2n) is 9.76. The molecule has 0 spiro atoms. The number of rotatable bonds is 6. The van der Waals surface area contributed by atoms with Gasteiger partial charge in [-0.05, 0) is 56.4 Å². The molecule has 0 bridgehead atoms. The number of urea groups is 1. The third-order valence-electron chi connectivity index (χ3n) is 6.90. The molecule has 5 rings (SSSR count). The number of amides is 3. The second-order valence-corrected chi connectivity index (χ2v) is 10.2. The highest BCUT2D eigenvalue weighted by Crippen LogP contribution is 2.48. The Bertz CT molecular complexity index is 1450. The van der Waals surface area contributed by atoms with E-state index in [0.29, 0.717) is 39.5 Å². The van der Waals surface area contributed by atoms with Crippen molar-refractivity contribution in [3.8, 4) is 11.3 Å². The van der Waals surface area contributed by atoms with Crippen molar-refractivity contribution in [2.75, 3.05) is 42.2 Å². The van der Waals surface area contributed by atoms with Gasteiger partial charge in [0.2, 0.25) is 0 Å². The lowest BCUT2D eigenvalue weighted by atomic mass is 10.1. The zero-order valence-electron chi connectivity index (χ0n) is 23.8. The molecule has 2 aromatic carbocycles. The predicted octanol–water partition coefficient (Wildman–Crippen LogP) is 5.41. The van der Waals surface area contributed by atoms with Crippen molar-refractivity contribution < 1.29 is 18.1 Å². The molecule has 2 N–H and O–H groups in total. The largest absolute Gasteiger partial charge is 0.369 e. The van der Waals surface area contributed by atoms with Crippen molar-refractivity contribution in [2.45, 2.75) is 26.3 Å². The summed E-state index contributed by atoms with van der Waals surface area (Å²) < 4.78 is 41.3. The SMILES string of the molecule is [2H]C([2H])([2H])N(C(=O)c1c(F)cccc1Cl)c1ccc(-c2cc(NC(=O)NC)nn2C(C)C)cc1N1CC2CC2C1. The summed E-state index contributed by atoms with van der Waals surface area (Å²) in [7, 11) is 1.51. The van der Waals surface area contributed by atoms with E-state index in [-0.39, 0.29) is 16.8 Å². The Hall–Kier alpha value is -3.59. The Morgan fingerprint density at radius 1 is 1.22 bits per heavy atom. The quantitative estimate of drug-likeness (QED) is 0.449. The minimum Gasteiger partial charge on any atom is -0.369 e. The van der Waals surface area contributed by atoms with Gasteiger partial charge in [0.1, 0.15) is 5.82 Å². The molecule has 2 heterocycles. The number of carbonyl (C=O) groups is 2. The van der Waals surface area contributed by atoms with Gasteiger partial charge >= 0.3 is 6.03 Å². The fraction of sp³-hybridized carbons (Fsp3) is 0.370. The van der Waals surface area contributed by atoms with E-state index < -0.39 is 30.3 Å². The van der Waals surface area contributed by atoms with Gasteiger partial charge in [-0.15, -0.1) is 0 Å². The molecule has 1 aliphatic carbocycles. The number of hydrogen-bond acceptors (Lipinski definition) is 4. The number of carbonyl (C=O) groups excluding carboxylic acids is 2. The molecule has 0 radical (unpaired) electrons. The molecule has 2 fully saturated rings. The molecule has 3 amide bonds. The van der Waals surface area contributed by atoms with E-state index in [1.54, 1.807) is 22.9 Å². The molecule has 2 unspecified atom stereocenters. The van der Waals surface area contributed by atoms with Gasteiger partial charge in [-0.1, -0.05) is 23.7 Å². The van der Waals surface area contributed by atoms with Crippen LogP contribution in [0.2, 0.25) is 5.02 Å². The van der Waals surface area contributed by atoms with Gasteiger partial charge < -0.3 is 15.1 Å². The zero-order valence-corrected chi connectivity index (χ0v) is 21.5. The highest BCUT2D eigenvalue weighted by Gasteiger charge is 2.45. The number of anilines is 3. The Kier molecular flexibility index (Phi) is 5.64. The minimum absolute atomic E-state index is 0.0542. The summed E-state index contributed by atoms with van der Waals surface area (Å²) in [5.41, 5.74) is 1.59. The van der Waals surface area contributed by atoms with Crippen LogP contribution < -0.4 is 20.4 Å². The molecule has 10 heteroatoms. The summed E-state index contributed by atoms with van der Waals surface area (Å²) >= 11 is 6.17. The van der Waals surface area contributed by atoms with E-state index in [9.17, 15) is 14.0 Å². The summed E-state index contributed by atoms with van der Waals surface area (Å²) in [6.07, 6.45) is 1.12. The topological polar surface area (TPSA) is 82.5 Å². The van der Waals surface area contributed by atoms with Crippen LogP contribution in [0.25, 0.3) is 11.3 Å². The molecule has 3 aromatic rings. The van der Waals surface area contributed by atoms with Crippen molar-refractivity contribution >= 4 is 40.7 Å². The Morgan fingerprint density at radius 3 is 2.62 bits per heavy atom. The number of aromatic nitrogens is 2. The first-order valence-electron chi connectivity index (χ1n) is 13.6. The summed E-state index contributed by atoms with van der Waals surface area (Å²) in [6, 6.07) is 10.2. The first-order valence-corrected chi connectivity index (χ1v) is 12.5. The highest BCUT2D eigenvalue weighted by molar-refractivity contribution is 6.34. The fourth-order valence-electron chi connectivity index (χ4n) is 4.89. The number of fused-ring (bicyclic) bond motifs is 1. The number of nitrogens with one attached hydrogen (secondary N) is 2. The molecule has 8 nitrogen and oxygen atoms in total. The van der Waals surface area contributed by atoms with Crippen molar-refractivity contribution in [3.63, 3.8) is 0 Å². The molecule has 1 saturated heterocycles. The molecular formula is C27H30ClFN6O2. The van der Waals surface area contributed by atoms with Crippen LogP contribution in [-0.4, -0.2) is 48.8 Å². The lowest BCUT2D eigenvalue weighted by molar-refractivity contribution is 0.0989. The molecule has 37 heavy (non-hydrogen) atoms. The lowest BCUT2D eigenvalue weighted by Crippen LogP contribution is -2.31. The van der Waals surface area contributed by atoms with Crippen LogP contribution in [0, 0.1) is 17.7 Å². The fourth-order valence-corrected chi connectivity index (χ4v) is 5.13. The van der Waals surface area contributed by atoms with Crippen LogP contribution in [0.5, 0.6) is 0 Å². The van der Waals surface area contributed by atoms with Crippen LogP contribution in [0.4, 0.5) is 26.4 Å². The Morgan fingerprint density at radius 2 is 1.97 bits per heavy atom. The summed E-state index contributed by atoms with van der Waals surface area (Å²) in [6.45, 7) is 2.42. The minimum atomic E-state index is -2.92. The summed E-state index contributed by atoms with van der Waals surface area (Å²) in [5.74, 6) is -0.572. The predicted molar refractivity (Wildman–Crippen MR) is 144 cm³/mol. The Balaban J connectivity index is 1.65. The van der Waals surface area contributed by atoms with Gasteiger partial charge in [0.25, 0.3) is 5.91 Å². The summed E-state index contributed by atoms with van der Waals surface area (Å²) in [4.78, 5) is 28.3. The molecule has 1 aliphatic heterocycles. The molecule has 1 aromatic heterocycles. The van der Waals surface area contributed by atoms with E-state index >= 15 is 0 Å². The van der Waals surface area contributed by atoms with Gasteiger partial charge in [0.05, 0.1) is 27.7 Å². The van der Waals surface area contributed by atoms with Gasteiger partial charge in [-0.25, -0.2) is 9.18 Å². The van der Waals surface area contributed by atoms with Crippen molar-refractivity contribution in [1.82, 2.24) is 15.1 Å². The molecule has 194 valence electrons. The van der Waals surface area contributed by atoms with E-state index in [4.69, 9.17) is 15.7 Å². The maximum atomic E-state index is 14.8. The van der Waals surface area contributed by atoms with Gasteiger partial charge in [0.15, 0.2) is 5.82 Å². The van der Waals surface area contributed by atoms with Crippen LogP contribution in [0.15, 0.2) is 42.5 Å². The van der Waals surface area contributed by atoms with Crippen molar-refractivity contribution in [2.24, 2.45) is 11.8 Å². The van der Waals surface area contributed by atoms with Crippen LogP contribution in [-0.2, 0) is 0 Å². The second kappa shape index (κ2) is 9.70. The first-order chi connectivity index (χ1) is 18.9. The highest BCUT2D eigenvalue weighted by atomic mass is 35.5. The maximum Gasteiger partial charge on any atom is 0.320 e. The number of nitrogens with zero attached hydrogens (tertiary/aromatic N) is 4. The molecule has 2 aliphatic rings. The number of halogens is 2. The molecule has 1 saturated carbocycles. The first kappa shape index (κ1) is 21.5. The summed E-state index contributed by atoms with van der Waals surface area (Å²) in [5, 5.41) is 9.54. The smallest absolute Gasteiger partial charge is 0.320 e. The van der Waals surface area contributed by atoms with Crippen molar-refractivity contribution in [3.05, 3.63) is 58.9 Å². The van der Waals surface area contributed by atoms with E-state index in [1.807, 2.05) is 19.9 Å². The van der Waals surface area contributed by atoms with Crippen LogP contribution in [0.3, 0.4) is 0 Å². The molecule has 2 atom stereocenters. The maximum absolute atomic E-state index is 14.8. The van der Waals surface area contributed by atoms with Crippen LogP contribution >= 0.6 is 11.6 Å². The van der Waals surface area contributed by atoms with Crippen molar-refractivity contribution in [1.29, 1.82) is 0 Å². The average Bonchev–Trinajstić information content (AvgIpc) is 3.27. The standard InChI is InChI=1S/C27H30ClFN6O2/c1-15(2)35-22(12-24(32-35)31-27(37)30-3)16-8-9-21(23(11-16)34-13-17-10-18(17)14-34)33(4)26(36)25-19(28)6-5-7-20(25)29/h5-9,11-12,15,17-18H,10,13-14H2,1-4H3,(H2,30,31,32,37)/i4D3.